The molecule has 0 aromatic carbocycles. The Kier molecular flexibility index (Phi) is 4.65. The van der Waals surface area contributed by atoms with Gasteiger partial charge >= 0.3 is 12.0 Å². The van der Waals surface area contributed by atoms with Crippen LogP contribution in [0.1, 0.15) is 30.0 Å². The Morgan fingerprint density at radius 1 is 1.45 bits per heavy atom. The summed E-state index contributed by atoms with van der Waals surface area (Å²) in [7, 11) is 0. The van der Waals surface area contributed by atoms with Crippen LogP contribution in [0.3, 0.4) is 0 Å². The highest BCUT2D eigenvalue weighted by molar-refractivity contribution is 7.11. The number of aliphatic carboxylic acids is 1. The zero-order valence-electron chi connectivity index (χ0n) is 11.8. The number of thiophene rings is 1. The van der Waals surface area contributed by atoms with Crippen LogP contribution in [0.25, 0.3) is 0 Å². The van der Waals surface area contributed by atoms with Gasteiger partial charge in [0.2, 0.25) is 0 Å². The van der Waals surface area contributed by atoms with E-state index in [1.54, 1.807) is 11.3 Å². The van der Waals surface area contributed by atoms with Crippen LogP contribution in [0.4, 0.5) is 4.79 Å². The molecule has 0 radical (unpaired) electrons. The molecule has 5 nitrogen and oxygen atoms in total. The van der Waals surface area contributed by atoms with Crippen LogP contribution in [0, 0.1) is 5.92 Å². The number of carboxylic acids is 1. The second kappa shape index (κ2) is 6.26. The van der Waals surface area contributed by atoms with Crippen LogP contribution in [0.5, 0.6) is 0 Å². The van der Waals surface area contributed by atoms with E-state index in [4.69, 9.17) is 0 Å². The molecule has 2 amide bonds. The number of amides is 2. The lowest BCUT2D eigenvalue weighted by Gasteiger charge is -2.23. The molecule has 0 aliphatic carbocycles. The third-order valence-electron chi connectivity index (χ3n) is 3.69. The van der Waals surface area contributed by atoms with Crippen LogP contribution in [-0.4, -0.2) is 34.6 Å². The summed E-state index contributed by atoms with van der Waals surface area (Å²) in [5.74, 6) is -0.916. The summed E-state index contributed by atoms with van der Waals surface area (Å²) in [6.45, 7) is 4.94. The molecule has 0 bridgehead atoms. The lowest BCUT2D eigenvalue weighted by molar-refractivity contribution is -0.142. The monoisotopic (exact) mass is 296 g/mol. The van der Waals surface area contributed by atoms with Crippen molar-refractivity contribution in [3.63, 3.8) is 0 Å². The Morgan fingerprint density at radius 3 is 2.75 bits per heavy atom. The highest BCUT2D eigenvalue weighted by Crippen LogP contribution is 2.24. The zero-order valence-corrected chi connectivity index (χ0v) is 12.6. The number of nitrogens with one attached hydrogen (secondary N) is 1. The van der Waals surface area contributed by atoms with E-state index in [2.05, 4.69) is 18.3 Å². The van der Waals surface area contributed by atoms with Gasteiger partial charge in [0.25, 0.3) is 0 Å². The van der Waals surface area contributed by atoms with Gasteiger partial charge in [0.1, 0.15) is 6.04 Å². The summed E-state index contributed by atoms with van der Waals surface area (Å²) in [5.41, 5.74) is 0. The molecule has 1 aliphatic heterocycles. The molecule has 0 spiro atoms. The lowest BCUT2D eigenvalue weighted by Crippen LogP contribution is -2.47. The number of likely N-dealkylation sites (tertiary alicyclic amines) is 1. The maximum atomic E-state index is 12.1. The van der Waals surface area contributed by atoms with Gasteiger partial charge in [-0.15, -0.1) is 11.3 Å². The number of hydrogen-bond acceptors (Lipinski definition) is 3. The van der Waals surface area contributed by atoms with Gasteiger partial charge in [-0.2, -0.15) is 0 Å². The Hall–Kier alpha value is -1.56. The fraction of sp³-hybridized carbons (Fsp3) is 0.571. The van der Waals surface area contributed by atoms with Gasteiger partial charge < -0.3 is 15.3 Å². The SMILES string of the molecule is CCc1ccc(CNC(=O)N2CCC(C)C2C(=O)O)s1. The van der Waals surface area contributed by atoms with E-state index in [0.29, 0.717) is 13.1 Å². The first kappa shape index (κ1) is 14.8. The van der Waals surface area contributed by atoms with Gasteiger partial charge in [-0.05, 0) is 30.9 Å². The number of rotatable bonds is 4. The molecular formula is C14H20N2O3S. The van der Waals surface area contributed by atoms with Gasteiger partial charge in [0.15, 0.2) is 0 Å². The largest absolute Gasteiger partial charge is 0.480 e. The highest BCUT2D eigenvalue weighted by atomic mass is 32.1. The standard InChI is InChI=1S/C14H20N2O3S/c1-3-10-4-5-11(20-10)8-15-14(19)16-7-6-9(2)12(16)13(17)18/h4-5,9,12H,3,6-8H2,1-2H3,(H,15,19)(H,17,18). The fourth-order valence-electron chi connectivity index (χ4n) is 2.52. The molecule has 1 fully saturated rings. The second-order valence-electron chi connectivity index (χ2n) is 5.12. The molecule has 20 heavy (non-hydrogen) atoms. The van der Waals surface area contributed by atoms with Gasteiger partial charge in [0, 0.05) is 16.3 Å². The average molecular weight is 296 g/mol. The minimum Gasteiger partial charge on any atom is -0.480 e. The summed E-state index contributed by atoms with van der Waals surface area (Å²) in [5, 5.41) is 12.0. The summed E-state index contributed by atoms with van der Waals surface area (Å²) in [6.07, 6.45) is 1.73. The van der Waals surface area contributed by atoms with E-state index in [-0.39, 0.29) is 11.9 Å². The molecule has 2 rings (SSSR count). The Balaban J connectivity index is 1.93. The Morgan fingerprint density at radius 2 is 2.15 bits per heavy atom. The Labute approximate surface area is 122 Å². The van der Waals surface area contributed by atoms with Crippen molar-refractivity contribution < 1.29 is 14.7 Å². The van der Waals surface area contributed by atoms with Crippen LogP contribution in [-0.2, 0) is 17.8 Å². The maximum Gasteiger partial charge on any atom is 0.326 e. The first-order valence-corrected chi connectivity index (χ1v) is 7.69. The van der Waals surface area contributed by atoms with Crippen molar-refractivity contribution in [3.8, 4) is 0 Å². The number of carboxylic acid groups (broad SMARTS) is 1. The molecule has 110 valence electrons. The third kappa shape index (κ3) is 3.12. The van der Waals surface area contributed by atoms with Crippen LogP contribution in [0.15, 0.2) is 12.1 Å². The minimum absolute atomic E-state index is 0.00619. The maximum absolute atomic E-state index is 12.1. The summed E-state index contributed by atoms with van der Waals surface area (Å²) < 4.78 is 0. The van der Waals surface area contributed by atoms with Crippen molar-refractivity contribution in [1.29, 1.82) is 0 Å². The van der Waals surface area contributed by atoms with Crippen molar-refractivity contribution in [3.05, 3.63) is 21.9 Å². The molecular weight excluding hydrogens is 276 g/mol. The lowest BCUT2D eigenvalue weighted by atomic mass is 10.0. The minimum atomic E-state index is -0.922. The number of nitrogens with zero attached hydrogens (tertiary/aromatic N) is 1. The zero-order chi connectivity index (χ0) is 14.7. The average Bonchev–Trinajstić information content (AvgIpc) is 3.02. The molecule has 2 heterocycles. The van der Waals surface area contributed by atoms with Crippen molar-refractivity contribution in [1.82, 2.24) is 10.2 Å². The van der Waals surface area contributed by atoms with E-state index in [0.717, 1.165) is 17.7 Å². The summed E-state index contributed by atoms with van der Waals surface area (Å²) in [4.78, 5) is 27.1. The summed E-state index contributed by atoms with van der Waals surface area (Å²) >= 11 is 1.68. The molecule has 2 unspecified atom stereocenters. The number of hydrogen-bond donors (Lipinski definition) is 2. The summed E-state index contributed by atoms with van der Waals surface area (Å²) in [6, 6.07) is 3.08. The number of carbonyl (C=O) groups is 2. The number of carbonyl (C=O) groups excluding carboxylic acids is 1. The van der Waals surface area contributed by atoms with E-state index >= 15 is 0 Å². The number of aryl methyl sites for hydroxylation is 1. The fourth-order valence-corrected chi connectivity index (χ4v) is 3.42. The molecule has 6 heteroatoms. The topological polar surface area (TPSA) is 69.6 Å². The van der Waals surface area contributed by atoms with Gasteiger partial charge in [-0.1, -0.05) is 13.8 Å². The van der Waals surface area contributed by atoms with E-state index in [9.17, 15) is 14.7 Å². The molecule has 1 aliphatic rings. The predicted octanol–water partition coefficient (Wildman–Crippen LogP) is 2.32. The van der Waals surface area contributed by atoms with Crippen LogP contribution >= 0.6 is 11.3 Å². The van der Waals surface area contributed by atoms with E-state index < -0.39 is 12.0 Å². The highest BCUT2D eigenvalue weighted by Gasteiger charge is 2.39. The third-order valence-corrected chi connectivity index (χ3v) is 4.92. The quantitative estimate of drug-likeness (QED) is 0.896. The second-order valence-corrected chi connectivity index (χ2v) is 6.38. The van der Waals surface area contributed by atoms with Gasteiger partial charge in [0.05, 0.1) is 6.54 Å². The molecule has 2 atom stereocenters. The predicted molar refractivity (Wildman–Crippen MR) is 77.8 cm³/mol. The molecule has 1 aromatic heterocycles. The first-order chi connectivity index (χ1) is 9.52. The van der Waals surface area contributed by atoms with Crippen LogP contribution in [0.2, 0.25) is 0 Å². The van der Waals surface area contributed by atoms with Gasteiger partial charge in [-0.25, -0.2) is 9.59 Å². The molecule has 0 saturated carbocycles. The van der Waals surface area contributed by atoms with E-state index in [1.165, 1.54) is 9.78 Å². The Bertz CT molecular complexity index is 500. The van der Waals surface area contributed by atoms with Crippen molar-refractivity contribution in [2.45, 2.75) is 39.3 Å². The van der Waals surface area contributed by atoms with Crippen molar-refractivity contribution in [2.24, 2.45) is 5.92 Å². The van der Waals surface area contributed by atoms with E-state index in [1.807, 2.05) is 13.0 Å². The van der Waals surface area contributed by atoms with Crippen molar-refractivity contribution in [2.75, 3.05) is 6.54 Å². The molecule has 1 saturated heterocycles. The van der Waals surface area contributed by atoms with Gasteiger partial charge in [-0.3, -0.25) is 0 Å². The molecule has 2 N–H and O–H groups in total. The smallest absolute Gasteiger partial charge is 0.326 e. The van der Waals surface area contributed by atoms with Crippen LogP contribution < -0.4 is 5.32 Å². The first-order valence-electron chi connectivity index (χ1n) is 6.87. The molecule has 1 aromatic rings. The normalized spacial score (nSPS) is 22.0. The number of urea groups is 1. The van der Waals surface area contributed by atoms with Crippen molar-refractivity contribution >= 4 is 23.3 Å².